The molecule has 0 fully saturated rings. The second kappa shape index (κ2) is 7.43. The second-order valence-electron chi connectivity index (χ2n) is 5.51. The van der Waals surface area contributed by atoms with Gasteiger partial charge in [0.15, 0.2) is 0 Å². The largest absolute Gasteiger partial charge is 0.489 e. The van der Waals surface area contributed by atoms with Gasteiger partial charge < -0.3 is 19.9 Å². The van der Waals surface area contributed by atoms with E-state index in [4.69, 9.17) is 9.47 Å². The fourth-order valence-electron chi connectivity index (χ4n) is 1.39. The Morgan fingerprint density at radius 3 is 2.58 bits per heavy atom. The topological polar surface area (TPSA) is 63.6 Å². The van der Waals surface area contributed by atoms with Crippen molar-refractivity contribution >= 4 is 0 Å². The molecule has 0 amide bonds. The van der Waals surface area contributed by atoms with Gasteiger partial charge >= 0.3 is 0 Å². The van der Waals surface area contributed by atoms with Gasteiger partial charge in [-0.3, -0.25) is 4.98 Å². The van der Waals surface area contributed by atoms with Gasteiger partial charge in [0.05, 0.1) is 18.5 Å². The summed E-state index contributed by atoms with van der Waals surface area (Å²) in [7, 11) is 1.54. The third-order valence-corrected chi connectivity index (χ3v) is 2.40. The molecule has 0 aliphatic rings. The molecule has 1 rings (SSSR count). The van der Waals surface area contributed by atoms with Crippen LogP contribution in [0, 0.1) is 0 Å². The average Bonchev–Trinajstić information content (AvgIpc) is 2.34. The van der Waals surface area contributed by atoms with Gasteiger partial charge in [0, 0.05) is 19.2 Å². The summed E-state index contributed by atoms with van der Waals surface area (Å²) in [6, 6.07) is 3.77. The highest BCUT2D eigenvalue weighted by Gasteiger charge is 2.09. The highest BCUT2D eigenvalue weighted by atomic mass is 16.5. The van der Waals surface area contributed by atoms with Gasteiger partial charge in [-0.15, -0.1) is 0 Å². The number of hydrogen-bond donors (Lipinski definition) is 2. The fourth-order valence-corrected chi connectivity index (χ4v) is 1.39. The summed E-state index contributed by atoms with van der Waals surface area (Å²) in [6.45, 7) is 7.53. The van der Waals surface area contributed by atoms with Crippen molar-refractivity contribution in [3.05, 3.63) is 24.0 Å². The standard InChI is InChI=1S/C14H24N2O3/c1-14(2,3)16-7-11-5-6-13(8-15-11)19-10-12(17)9-18-4/h5-6,8,12,16-17H,7,9-10H2,1-4H3. The lowest BCUT2D eigenvalue weighted by Crippen LogP contribution is -2.35. The van der Waals surface area contributed by atoms with E-state index in [9.17, 15) is 5.11 Å². The summed E-state index contributed by atoms with van der Waals surface area (Å²) in [4.78, 5) is 4.31. The first-order valence-corrected chi connectivity index (χ1v) is 6.40. The number of nitrogens with zero attached hydrogens (tertiary/aromatic N) is 1. The van der Waals surface area contributed by atoms with Crippen molar-refractivity contribution in [2.45, 2.75) is 39.0 Å². The molecule has 0 bridgehead atoms. The molecule has 0 radical (unpaired) electrons. The summed E-state index contributed by atoms with van der Waals surface area (Å²) in [5, 5.41) is 12.8. The van der Waals surface area contributed by atoms with Gasteiger partial charge in [0.1, 0.15) is 18.5 Å². The Balaban J connectivity index is 2.39. The van der Waals surface area contributed by atoms with Crippen LogP contribution in [0.4, 0.5) is 0 Å². The molecule has 1 aromatic rings. The maximum absolute atomic E-state index is 9.46. The van der Waals surface area contributed by atoms with E-state index in [-0.39, 0.29) is 18.8 Å². The van der Waals surface area contributed by atoms with Crippen LogP contribution >= 0.6 is 0 Å². The van der Waals surface area contributed by atoms with E-state index in [1.165, 1.54) is 0 Å². The first-order valence-electron chi connectivity index (χ1n) is 6.40. The van der Waals surface area contributed by atoms with Crippen LogP contribution in [0.1, 0.15) is 26.5 Å². The number of pyridine rings is 1. The molecule has 0 saturated carbocycles. The first kappa shape index (κ1) is 15.9. The van der Waals surface area contributed by atoms with Crippen LogP contribution in [0.3, 0.4) is 0 Å². The van der Waals surface area contributed by atoms with Crippen LogP contribution < -0.4 is 10.1 Å². The van der Waals surface area contributed by atoms with Gasteiger partial charge in [0.25, 0.3) is 0 Å². The number of hydrogen-bond acceptors (Lipinski definition) is 5. The molecule has 0 aliphatic heterocycles. The van der Waals surface area contributed by atoms with Crippen molar-refractivity contribution < 1.29 is 14.6 Å². The summed E-state index contributed by atoms with van der Waals surface area (Å²) < 4.78 is 10.2. The number of aromatic nitrogens is 1. The molecule has 108 valence electrons. The number of aliphatic hydroxyl groups excluding tert-OH is 1. The smallest absolute Gasteiger partial charge is 0.137 e. The monoisotopic (exact) mass is 268 g/mol. The average molecular weight is 268 g/mol. The van der Waals surface area contributed by atoms with E-state index >= 15 is 0 Å². The Hall–Kier alpha value is -1.17. The highest BCUT2D eigenvalue weighted by molar-refractivity contribution is 5.19. The van der Waals surface area contributed by atoms with Crippen LogP contribution in [-0.2, 0) is 11.3 Å². The van der Waals surface area contributed by atoms with E-state index < -0.39 is 6.10 Å². The predicted molar refractivity (Wildman–Crippen MR) is 74.2 cm³/mol. The predicted octanol–water partition coefficient (Wildman–Crippen LogP) is 1.36. The zero-order valence-corrected chi connectivity index (χ0v) is 12.1. The Bertz CT molecular complexity index is 360. The molecule has 5 heteroatoms. The summed E-state index contributed by atoms with van der Waals surface area (Å²) in [5.74, 6) is 0.648. The van der Waals surface area contributed by atoms with Gasteiger partial charge in [-0.2, -0.15) is 0 Å². The molecule has 0 aliphatic carbocycles. The third kappa shape index (κ3) is 7.10. The van der Waals surface area contributed by atoms with Crippen molar-refractivity contribution in [2.24, 2.45) is 0 Å². The van der Waals surface area contributed by atoms with E-state index in [1.54, 1.807) is 13.3 Å². The van der Waals surface area contributed by atoms with Crippen molar-refractivity contribution in [3.8, 4) is 5.75 Å². The summed E-state index contributed by atoms with van der Waals surface area (Å²) in [5.41, 5.74) is 1.03. The molecule has 1 atom stereocenters. The molecule has 5 nitrogen and oxygen atoms in total. The van der Waals surface area contributed by atoms with Gasteiger partial charge in [-0.25, -0.2) is 0 Å². The van der Waals surface area contributed by atoms with Gasteiger partial charge in [-0.05, 0) is 32.9 Å². The lowest BCUT2D eigenvalue weighted by atomic mass is 10.1. The van der Waals surface area contributed by atoms with E-state index in [2.05, 4.69) is 31.1 Å². The Morgan fingerprint density at radius 1 is 1.32 bits per heavy atom. The van der Waals surface area contributed by atoms with Crippen LogP contribution in [0.2, 0.25) is 0 Å². The SMILES string of the molecule is COCC(O)COc1ccc(CNC(C)(C)C)nc1. The van der Waals surface area contributed by atoms with E-state index in [0.717, 1.165) is 12.2 Å². The molecule has 2 N–H and O–H groups in total. The van der Waals surface area contributed by atoms with Gasteiger partial charge in [0.2, 0.25) is 0 Å². The van der Waals surface area contributed by atoms with Crippen LogP contribution in [-0.4, -0.2) is 42.1 Å². The summed E-state index contributed by atoms with van der Waals surface area (Å²) >= 11 is 0. The molecular formula is C14H24N2O3. The quantitative estimate of drug-likeness (QED) is 0.781. The maximum atomic E-state index is 9.46. The highest BCUT2D eigenvalue weighted by Crippen LogP contribution is 2.10. The lowest BCUT2D eigenvalue weighted by Gasteiger charge is -2.20. The molecule has 0 spiro atoms. The number of rotatable bonds is 7. The Kier molecular flexibility index (Phi) is 6.21. The molecule has 19 heavy (non-hydrogen) atoms. The molecular weight excluding hydrogens is 244 g/mol. The fraction of sp³-hybridized carbons (Fsp3) is 0.643. The Morgan fingerprint density at radius 2 is 2.05 bits per heavy atom. The van der Waals surface area contributed by atoms with Crippen LogP contribution in [0.5, 0.6) is 5.75 Å². The molecule has 1 heterocycles. The minimum absolute atomic E-state index is 0.0705. The zero-order valence-electron chi connectivity index (χ0n) is 12.1. The summed E-state index contributed by atoms with van der Waals surface area (Å²) in [6.07, 6.45) is 1.05. The third-order valence-electron chi connectivity index (χ3n) is 2.40. The van der Waals surface area contributed by atoms with Crippen molar-refractivity contribution in [3.63, 3.8) is 0 Å². The maximum Gasteiger partial charge on any atom is 0.137 e. The molecule has 0 aromatic carbocycles. The minimum Gasteiger partial charge on any atom is -0.489 e. The van der Waals surface area contributed by atoms with Crippen LogP contribution in [0.15, 0.2) is 18.3 Å². The van der Waals surface area contributed by atoms with E-state index in [0.29, 0.717) is 5.75 Å². The Labute approximate surface area is 115 Å². The lowest BCUT2D eigenvalue weighted by molar-refractivity contribution is 0.0324. The number of nitrogens with one attached hydrogen (secondary N) is 1. The number of ether oxygens (including phenoxy) is 2. The molecule has 1 unspecified atom stereocenters. The zero-order chi connectivity index (χ0) is 14.3. The van der Waals surface area contributed by atoms with E-state index in [1.807, 2.05) is 12.1 Å². The van der Waals surface area contributed by atoms with Gasteiger partial charge in [-0.1, -0.05) is 0 Å². The second-order valence-corrected chi connectivity index (χ2v) is 5.51. The number of aliphatic hydroxyl groups is 1. The normalized spacial score (nSPS) is 13.3. The minimum atomic E-state index is -0.618. The van der Waals surface area contributed by atoms with Crippen LogP contribution in [0.25, 0.3) is 0 Å². The van der Waals surface area contributed by atoms with Crippen molar-refractivity contribution in [2.75, 3.05) is 20.3 Å². The molecule has 1 aromatic heterocycles. The van der Waals surface area contributed by atoms with Crippen molar-refractivity contribution in [1.82, 2.24) is 10.3 Å². The number of methoxy groups -OCH3 is 1. The van der Waals surface area contributed by atoms with Crippen molar-refractivity contribution in [1.29, 1.82) is 0 Å². The molecule has 0 saturated heterocycles. The first-order chi connectivity index (χ1) is 8.90.